The monoisotopic (exact) mass is 767 g/mol. The van der Waals surface area contributed by atoms with E-state index in [2.05, 4.69) is 20.7 Å². The number of amides is 5. The van der Waals surface area contributed by atoms with Crippen LogP contribution in [-0.2, 0) is 48.5 Å². The molecule has 0 bridgehead atoms. The molecule has 1 aliphatic heterocycles. The maximum absolute atomic E-state index is 14.2. The first-order chi connectivity index (χ1) is 25.7. The first-order valence-electron chi connectivity index (χ1n) is 18.3. The third-order valence-electron chi connectivity index (χ3n) is 9.64. The van der Waals surface area contributed by atoms with Gasteiger partial charge in [-0.3, -0.25) is 43.3 Å². The topological polar surface area (TPSA) is 198 Å². The van der Waals surface area contributed by atoms with Crippen molar-refractivity contribution in [1.29, 1.82) is 0 Å². The number of carbonyl (C=O) groups excluding carboxylic acids is 8. The van der Waals surface area contributed by atoms with Gasteiger partial charge in [-0.1, -0.05) is 78.8 Å². The number of carbonyl (C=O) groups is 8. The molecule has 3 N–H and O–H groups in total. The molecule has 2 rings (SSSR count). The quantitative estimate of drug-likeness (QED) is 0.0392. The van der Waals surface area contributed by atoms with Gasteiger partial charge in [0.2, 0.25) is 17.7 Å². The number of ketones is 1. The summed E-state index contributed by atoms with van der Waals surface area (Å²) < 4.78 is 9.54. The Kier molecular flexibility index (Phi) is 17.1. The number of hydrogen-bond donors (Lipinski definition) is 3. The smallest absolute Gasteiger partial charge is 0.295 e. The first-order valence-corrected chi connectivity index (χ1v) is 18.3. The third-order valence-corrected chi connectivity index (χ3v) is 9.64. The van der Waals surface area contributed by atoms with Crippen molar-refractivity contribution in [3.63, 3.8) is 0 Å². The summed E-state index contributed by atoms with van der Waals surface area (Å²) in [5.41, 5.74) is -0.0479. The Bertz CT molecular complexity index is 1610. The zero-order chi connectivity index (χ0) is 41.7. The minimum atomic E-state index is -1.04. The van der Waals surface area contributed by atoms with Crippen molar-refractivity contribution < 1.29 is 47.8 Å². The van der Waals surface area contributed by atoms with Gasteiger partial charge in [-0.25, -0.2) is 0 Å². The number of rotatable bonds is 22. The summed E-state index contributed by atoms with van der Waals surface area (Å²) >= 11 is 0. The van der Waals surface area contributed by atoms with Gasteiger partial charge >= 0.3 is 0 Å². The van der Waals surface area contributed by atoms with Crippen molar-refractivity contribution in [3.05, 3.63) is 59.2 Å². The maximum Gasteiger partial charge on any atom is 0.295 e. The van der Waals surface area contributed by atoms with Crippen LogP contribution in [0.4, 0.5) is 0 Å². The molecule has 0 aliphatic carbocycles. The Hall–Kier alpha value is -5.18. The Morgan fingerprint density at radius 3 is 2.02 bits per heavy atom. The Labute approximate surface area is 323 Å². The van der Waals surface area contributed by atoms with Crippen molar-refractivity contribution in [2.45, 2.75) is 104 Å². The van der Waals surface area contributed by atoms with Crippen molar-refractivity contribution in [2.24, 2.45) is 11.3 Å². The van der Waals surface area contributed by atoms with Gasteiger partial charge in [0.15, 0.2) is 12.0 Å². The van der Waals surface area contributed by atoms with Crippen LogP contribution in [0.15, 0.2) is 48.1 Å². The number of likely N-dealkylation sites (N-methyl/N-ethyl adjacent to an activating group) is 2. The third kappa shape index (κ3) is 12.7. The average Bonchev–Trinajstić information content (AvgIpc) is 3.44. The van der Waals surface area contributed by atoms with Gasteiger partial charge in [0.1, 0.15) is 6.04 Å². The Morgan fingerprint density at radius 1 is 0.909 bits per heavy atom. The lowest BCUT2D eigenvalue weighted by molar-refractivity contribution is -0.141. The molecule has 1 aromatic carbocycles. The van der Waals surface area contributed by atoms with E-state index in [1.807, 2.05) is 48.5 Å². The minimum absolute atomic E-state index is 0.0397. The zero-order valence-corrected chi connectivity index (χ0v) is 33.6. The number of nitrogens with zero attached hydrogens (tertiary/aromatic N) is 2. The second kappa shape index (κ2) is 20.5. The molecular formula is C40H57N5O10. The van der Waals surface area contributed by atoms with Crippen LogP contribution in [0.1, 0.15) is 90.6 Å². The molecule has 0 aromatic heterocycles. The molecule has 302 valence electrons. The van der Waals surface area contributed by atoms with E-state index in [9.17, 15) is 38.4 Å². The molecule has 15 nitrogen and oxygen atoms in total. The normalized spacial score (nSPS) is 15.5. The maximum atomic E-state index is 14.2. The predicted octanol–water partition coefficient (Wildman–Crippen LogP) is 2.58. The highest BCUT2D eigenvalue weighted by Crippen LogP contribution is 2.30. The van der Waals surface area contributed by atoms with Crippen LogP contribution >= 0.6 is 0 Å². The molecule has 1 aromatic rings. The summed E-state index contributed by atoms with van der Waals surface area (Å²) in [6.07, 6.45) is 3.54. The molecule has 1 aliphatic rings. The lowest BCUT2D eigenvalue weighted by Crippen LogP contribution is -2.61. The molecule has 4 atom stereocenters. The van der Waals surface area contributed by atoms with Gasteiger partial charge in [-0.05, 0) is 37.3 Å². The van der Waals surface area contributed by atoms with Crippen LogP contribution < -0.4 is 16.0 Å². The van der Waals surface area contributed by atoms with Gasteiger partial charge in [0.25, 0.3) is 24.8 Å². The number of ether oxygens (including phenoxy) is 2. The molecule has 1 heterocycles. The van der Waals surface area contributed by atoms with Crippen LogP contribution in [0.3, 0.4) is 0 Å². The number of nitrogens with one attached hydrogen (secondary N) is 3. The summed E-state index contributed by atoms with van der Waals surface area (Å²) in [7, 11) is 3.27. The predicted molar refractivity (Wildman–Crippen MR) is 204 cm³/mol. The largest absolute Gasteiger partial charge is 0.468 e. The summed E-state index contributed by atoms with van der Waals surface area (Å²) in [4.78, 5) is 102. The summed E-state index contributed by atoms with van der Waals surface area (Å²) in [6.45, 7) is 15.2. The molecule has 55 heavy (non-hydrogen) atoms. The van der Waals surface area contributed by atoms with Crippen LogP contribution in [0, 0.1) is 11.3 Å². The van der Waals surface area contributed by atoms with E-state index in [-0.39, 0.29) is 73.9 Å². The molecule has 15 heteroatoms. The van der Waals surface area contributed by atoms with E-state index >= 15 is 0 Å². The lowest BCUT2D eigenvalue weighted by atomic mass is 9.76. The summed E-state index contributed by atoms with van der Waals surface area (Å²) in [5, 5.41) is 8.67. The van der Waals surface area contributed by atoms with Gasteiger partial charge in [0.05, 0.1) is 18.7 Å². The fourth-order valence-electron chi connectivity index (χ4n) is 6.30. The molecule has 0 saturated heterocycles. The Morgan fingerprint density at radius 2 is 1.51 bits per heavy atom. The summed E-state index contributed by atoms with van der Waals surface area (Å²) in [5.74, 6) is -2.40. The minimum Gasteiger partial charge on any atom is -0.468 e. The van der Waals surface area contributed by atoms with Crippen molar-refractivity contribution >= 4 is 48.3 Å². The number of Topliss-reactive ketones (excluding diaryl/α,β-unsaturated/α-hetero) is 1. The molecule has 0 saturated carbocycles. The number of imide groups is 1. The van der Waals surface area contributed by atoms with Crippen LogP contribution in [0.25, 0.3) is 0 Å². The zero-order valence-electron chi connectivity index (χ0n) is 33.6. The van der Waals surface area contributed by atoms with Gasteiger partial charge in [-0.15, -0.1) is 0 Å². The standard InChI is InChI=1S/C40H57N5O10/c1-25(2)29(22-26(3)36(51)42-31(55-24-47)19-21-54-23-46)44(10)38(53)35(39(4,5)6)43-37(52)34(41-9)40(7,8)28-15-13-27(14-16-28)30(48)12-11-20-45-32(49)17-18-33(45)50/h13-18,22-25,29,31,34-35,41H,11-12,19-21H2,1-10H3,(H,42,51)(H,43,52)/b26-22+/t29-,31+,34?,35-/m1/s1. The average molecular weight is 768 g/mol. The Balaban J connectivity index is 2.22. The van der Waals surface area contributed by atoms with Crippen LogP contribution in [-0.4, -0.2) is 110 Å². The highest BCUT2D eigenvalue weighted by atomic mass is 16.5. The number of benzene rings is 1. The van der Waals surface area contributed by atoms with E-state index in [1.54, 1.807) is 51.4 Å². The van der Waals surface area contributed by atoms with Crippen molar-refractivity contribution in [2.75, 3.05) is 27.2 Å². The molecule has 0 spiro atoms. The molecule has 1 unspecified atom stereocenters. The van der Waals surface area contributed by atoms with Crippen molar-refractivity contribution in [3.8, 4) is 0 Å². The lowest BCUT2D eigenvalue weighted by Gasteiger charge is -2.40. The first kappa shape index (κ1) is 46.0. The molecule has 5 amide bonds. The van der Waals surface area contributed by atoms with E-state index in [0.29, 0.717) is 12.0 Å². The van der Waals surface area contributed by atoms with E-state index in [0.717, 1.165) is 10.5 Å². The molecular weight excluding hydrogens is 710 g/mol. The fraction of sp³-hybridized carbons (Fsp3) is 0.550. The fourth-order valence-corrected chi connectivity index (χ4v) is 6.30. The van der Waals surface area contributed by atoms with Gasteiger partial charge < -0.3 is 30.3 Å². The molecule has 0 radical (unpaired) electrons. The van der Waals surface area contributed by atoms with Crippen LogP contribution in [0.5, 0.6) is 0 Å². The highest BCUT2D eigenvalue weighted by Gasteiger charge is 2.42. The van der Waals surface area contributed by atoms with E-state index in [4.69, 9.17) is 4.74 Å². The number of hydrogen-bond acceptors (Lipinski definition) is 11. The van der Waals surface area contributed by atoms with E-state index < -0.39 is 47.0 Å². The molecule has 0 fully saturated rings. The second-order valence-electron chi connectivity index (χ2n) is 15.5. The highest BCUT2D eigenvalue weighted by molar-refractivity contribution is 6.12. The van der Waals surface area contributed by atoms with Crippen LogP contribution in [0.2, 0.25) is 0 Å². The van der Waals surface area contributed by atoms with E-state index in [1.165, 1.54) is 17.1 Å². The van der Waals surface area contributed by atoms with Gasteiger partial charge in [-0.2, -0.15) is 0 Å². The second-order valence-corrected chi connectivity index (χ2v) is 15.5. The van der Waals surface area contributed by atoms with Crippen molar-refractivity contribution in [1.82, 2.24) is 25.8 Å². The SMILES string of the molecule is CNC(C(=O)N[C@H](C(=O)N(C)[C@H](/C=C(\C)C(=O)N[C@H](CCOC=O)OC=O)C(C)C)C(C)(C)C)C(C)(C)c1ccc(C(=O)CCCN2C(=O)C=CC2=O)cc1. The van der Waals surface area contributed by atoms with Gasteiger partial charge in [0, 0.05) is 55.1 Å². The summed E-state index contributed by atoms with van der Waals surface area (Å²) in [6, 6.07) is 4.61.